The lowest BCUT2D eigenvalue weighted by Crippen LogP contribution is -2.53. The molecule has 11 heteroatoms. The van der Waals surface area contributed by atoms with E-state index in [1.807, 2.05) is 0 Å². The van der Waals surface area contributed by atoms with Crippen molar-refractivity contribution in [2.24, 2.45) is 0 Å². The van der Waals surface area contributed by atoms with E-state index in [2.05, 4.69) is 34.5 Å². The van der Waals surface area contributed by atoms with Gasteiger partial charge in [-0.25, -0.2) is 0 Å². The van der Waals surface area contributed by atoms with Gasteiger partial charge in [0.15, 0.2) is 16.6 Å². The number of hydrogen-bond donors (Lipinski definition) is 1. The Morgan fingerprint density at radius 1 is 1.27 bits per heavy atom. The van der Waals surface area contributed by atoms with Gasteiger partial charge in [0.2, 0.25) is 0 Å². The first-order valence-corrected chi connectivity index (χ1v) is 11.0. The van der Waals surface area contributed by atoms with Gasteiger partial charge in [-0.2, -0.15) is 0 Å². The van der Waals surface area contributed by atoms with Crippen LogP contribution in [-0.2, 0) is 16.2 Å². The zero-order valence-electron chi connectivity index (χ0n) is 17.4. The fourth-order valence-electron chi connectivity index (χ4n) is 2.99. The van der Waals surface area contributed by atoms with E-state index >= 15 is 0 Å². The Hall–Kier alpha value is -3.32. The van der Waals surface area contributed by atoms with E-state index in [0.29, 0.717) is 20.6 Å². The summed E-state index contributed by atoms with van der Waals surface area (Å²) in [6, 6.07) is 9.43. The van der Waals surface area contributed by atoms with E-state index in [9.17, 15) is 19.7 Å². The molecule has 0 aromatic heterocycles. The van der Waals surface area contributed by atoms with E-state index in [-0.39, 0.29) is 29.5 Å². The molecule has 2 amide bonds. The van der Waals surface area contributed by atoms with Gasteiger partial charge in [-0.05, 0) is 76.3 Å². The van der Waals surface area contributed by atoms with Crippen molar-refractivity contribution >= 4 is 63.5 Å². The minimum atomic E-state index is -0.585. The van der Waals surface area contributed by atoms with Gasteiger partial charge in [0.1, 0.15) is 12.2 Å². The number of hydrogen-bond acceptors (Lipinski definition) is 7. The van der Waals surface area contributed by atoms with Crippen molar-refractivity contribution in [1.29, 1.82) is 0 Å². The lowest BCUT2D eigenvalue weighted by molar-refractivity contribution is -0.384. The molecule has 0 unspecified atom stereocenters. The number of benzene rings is 2. The highest BCUT2D eigenvalue weighted by molar-refractivity contribution is 14.1. The molecular weight excluding hydrogens is 561 g/mol. The van der Waals surface area contributed by atoms with Gasteiger partial charge >= 0.3 is 0 Å². The summed E-state index contributed by atoms with van der Waals surface area (Å²) in [7, 11) is 1.48. The molecule has 33 heavy (non-hydrogen) atoms. The average molecular weight is 579 g/mol. The second kappa shape index (κ2) is 10.5. The molecule has 0 saturated carbocycles. The summed E-state index contributed by atoms with van der Waals surface area (Å²) in [5.41, 5.74) is 1.23. The predicted molar refractivity (Wildman–Crippen MR) is 134 cm³/mol. The normalized spacial score (nSPS) is 14.8. The number of amides is 2. The number of methoxy groups -OCH3 is 1. The topological polar surface area (TPSA) is 111 Å². The fourth-order valence-corrected chi connectivity index (χ4v) is 4.02. The number of thiocarbonyl (C=S) groups is 1. The highest BCUT2D eigenvalue weighted by Crippen LogP contribution is 2.35. The number of rotatable bonds is 8. The van der Waals surface area contributed by atoms with Crippen LogP contribution in [-0.4, -0.2) is 40.4 Å². The zero-order chi connectivity index (χ0) is 24.1. The first kappa shape index (κ1) is 24.3. The van der Waals surface area contributed by atoms with Gasteiger partial charge in [-0.3, -0.25) is 29.9 Å². The molecule has 1 heterocycles. The lowest BCUT2D eigenvalue weighted by atomic mass is 10.1. The minimum absolute atomic E-state index is 0.00276. The van der Waals surface area contributed by atoms with Crippen molar-refractivity contribution in [3.63, 3.8) is 0 Å². The van der Waals surface area contributed by atoms with Gasteiger partial charge in [-0.1, -0.05) is 6.08 Å². The van der Waals surface area contributed by atoms with Crippen molar-refractivity contribution in [2.45, 2.75) is 6.61 Å². The Balaban J connectivity index is 1.85. The molecule has 9 nitrogen and oxygen atoms in total. The van der Waals surface area contributed by atoms with Crippen molar-refractivity contribution in [3.8, 4) is 11.5 Å². The molecule has 1 aliphatic rings. The molecule has 0 spiro atoms. The van der Waals surface area contributed by atoms with Crippen LogP contribution < -0.4 is 14.8 Å². The van der Waals surface area contributed by atoms with E-state index < -0.39 is 16.7 Å². The minimum Gasteiger partial charge on any atom is -0.493 e. The lowest BCUT2D eigenvalue weighted by Gasteiger charge is -2.27. The van der Waals surface area contributed by atoms with Gasteiger partial charge in [-0.15, -0.1) is 6.58 Å². The third kappa shape index (κ3) is 5.54. The summed E-state index contributed by atoms with van der Waals surface area (Å²) in [5.74, 6) is -0.237. The number of nitrogens with one attached hydrogen (secondary N) is 1. The number of nitro benzene ring substituents is 1. The first-order chi connectivity index (χ1) is 15.7. The number of halogens is 1. The molecule has 2 aromatic rings. The number of nitro groups is 1. The fraction of sp³-hybridized carbons (Fsp3) is 0.136. The smallest absolute Gasteiger partial charge is 0.269 e. The molecular formula is C22H18IN3O6S. The molecule has 1 N–H and O–H groups in total. The monoisotopic (exact) mass is 579 g/mol. The van der Waals surface area contributed by atoms with Gasteiger partial charge in [0, 0.05) is 18.7 Å². The first-order valence-electron chi connectivity index (χ1n) is 9.48. The summed E-state index contributed by atoms with van der Waals surface area (Å²) in [4.78, 5) is 36.7. The summed E-state index contributed by atoms with van der Waals surface area (Å²) in [5, 5.41) is 13.3. The maximum Gasteiger partial charge on any atom is 0.269 e. The van der Waals surface area contributed by atoms with Crippen LogP contribution in [0.15, 0.2) is 54.6 Å². The Kier molecular flexibility index (Phi) is 7.76. The van der Waals surface area contributed by atoms with Crippen LogP contribution in [0, 0.1) is 13.7 Å². The average Bonchev–Trinajstić information content (AvgIpc) is 2.78. The maximum absolute atomic E-state index is 12.7. The zero-order valence-corrected chi connectivity index (χ0v) is 20.3. The molecule has 170 valence electrons. The van der Waals surface area contributed by atoms with E-state index in [1.54, 1.807) is 24.3 Å². The summed E-state index contributed by atoms with van der Waals surface area (Å²) in [6.07, 6.45) is 2.97. The second-order valence-corrected chi connectivity index (χ2v) is 8.32. The molecule has 0 radical (unpaired) electrons. The number of carbonyl (C=O) groups is 2. The maximum atomic E-state index is 12.7. The molecule has 0 atom stereocenters. The Morgan fingerprint density at radius 2 is 1.97 bits per heavy atom. The van der Waals surface area contributed by atoms with E-state index in [4.69, 9.17) is 21.7 Å². The van der Waals surface area contributed by atoms with Crippen LogP contribution in [0.2, 0.25) is 0 Å². The Labute approximate surface area is 208 Å². The van der Waals surface area contributed by atoms with Crippen molar-refractivity contribution in [3.05, 3.63) is 79.4 Å². The SMILES string of the molecule is C=CCN1C(=O)/C(=C/c2cc(I)c(OCc3ccc([N+](=O)[O-])cc3)c(OC)c2)C(=O)NC1=S. The molecule has 2 aromatic carbocycles. The summed E-state index contributed by atoms with van der Waals surface area (Å²) < 4.78 is 12.0. The second-order valence-electron chi connectivity index (χ2n) is 6.77. The van der Waals surface area contributed by atoms with Crippen molar-refractivity contribution < 1.29 is 24.0 Å². The highest BCUT2D eigenvalue weighted by Gasteiger charge is 2.32. The van der Waals surface area contributed by atoms with E-state index in [0.717, 1.165) is 5.56 Å². The van der Waals surface area contributed by atoms with Gasteiger partial charge in [0.25, 0.3) is 17.5 Å². The molecule has 3 rings (SSSR count). The number of nitrogens with zero attached hydrogens (tertiary/aromatic N) is 2. The molecule has 0 bridgehead atoms. The van der Waals surface area contributed by atoms with E-state index in [1.165, 1.54) is 36.3 Å². The van der Waals surface area contributed by atoms with Crippen molar-refractivity contribution in [1.82, 2.24) is 10.2 Å². The molecule has 1 fully saturated rings. The van der Waals surface area contributed by atoms with Crippen LogP contribution >= 0.6 is 34.8 Å². The molecule has 1 saturated heterocycles. The third-order valence-electron chi connectivity index (χ3n) is 4.59. The largest absolute Gasteiger partial charge is 0.493 e. The van der Waals surface area contributed by atoms with Crippen LogP contribution in [0.1, 0.15) is 11.1 Å². The van der Waals surface area contributed by atoms with Crippen LogP contribution in [0.4, 0.5) is 5.69 Å². The number of carbonyl (C=O) groups excluding carboxylic acids is 2. The third-order valence-corrected chi connectivity index (χ3v) is 5.71. The van der Waals surface area contributed by atoms with Gasteiger partial charge in [0.05, 0.1) is 15.6 Å². The van der Waals surface area contributed by atoms with Crippen molar-refractivity contribution in [2.75, 3.05) is 13.7 Å². The number of non-ortho nitro benzene ring substituents is 1. The summed E-state index contributed by atoms with van der Waals surface area (Å²) in [6.45, 7) is 3.94. The Morgan fingerprint density at radius 3 is 2.58 bits per heavy atom. The standard InChI is InChI=1S/C22H18IN3O6S/c1-3-8-25-21(28)16(20(27)24-22(25)33)9-14-10-17(23)19(18(11-14)31-2)32-12-13-4-6-15(7-5-13)26(29)30/h3-7,9-11H,1,8,12H2,2H3,(H,24,27,33)/b16-9+. The molecule has 0 aliphatic carbocycles. The molecule has 1 aliphatic heterocycles. The van der Waals surface area contributed by atoms with Crippen LogP contribution in [0.5, 0.6) is 11.5 Å². The summed E-state index contributed by atoms with van der Waals surface area (Å²) >= 11 is 7.12. The number of ether oxygens (including phenoxy) is 2. The predicted octanol–water partition coefficient (Wildman–Crippen LogP) is 3.60. The van der Waals surface area contributed by atoms with Crippen LogP contribution in [0.25, 0.3) is 6.08 Å². The quantitative estimate of drug-likeness (QED) is 0.0968. The van der Waals surface area contributed by atoms with Crippen LogP contribution in [0.3, 0.4) is 0 Å². The van der Waals surface area contributed by atoms with Gasteiger partial charge < -0.3 is 9.47 Å². The highest BCUT2D eigenvalue weighted by atomic mass is 127. The Bertz CT molecular complexity index is 1180.